The molecule has 0 spiro atoms. The number of halogens is 1. The van der Waals surface area contributed by atoms with Gasteiger partial charge in [-0.05, 0) is 0 Å². The first kappa shape index (κ1) is 10.8. The van der Waals surface area contributed by atoms with E-state index in [1.54, 1.807) is 17.9 Å². The minimum absolute atomic E-state index is 0.0916. The highest BCUT2D eigenvalue weighted by Crippen LogP contribution is 2.35. The molecule has 0 aromatic carbocycles. The molecule has 1 aliphatic rings. The van der Waals surface area contributed by atoms with Crippen LogP contribution in [-0.2, 0) is 11.8 Å². The summed E-state index contributed by atoms with van der Waals surface area (Å²) in [6.07, 6.45) is 1.56. The maximum atomic E-state index is 10.8. The lowest BCUT2D eigenvalue weighted by Crippen LogP contribution is -2.34. The predicted molar refractivity (Wildman–Crippen MR) is 58.0 cm³/mol. The summed E-state index contributed by atoms with van der Waals surface area (Å²) >= 11 is 7.50. The number of aromatic nitrogens is 2. The monoisotopic (exact) mass is 247 g/mol. The van der Waals surface area contributed by atoms with Crippen molar-refractivity contribution in [2.45, 2.75) is 11.4 Å². The van der Waals surface area contributed by atoms with Crippen molar-refractivity contribution in [1.82, 2.24) is 15.1 Å². The van der Waals surface area contributed by atoms with Gasteiger partial charge >= 0.3 is 5.97 Å². The third kappa shape index (κ3) is 1.97. The molecule has 0 bridgehead atoms. The Bertz CT molecular complexity index is 376. The number of rotatable bonds is 2. The maximum absolute atomic E-state index is 10.8. The molecule has 2 atom stereocenters. The molecule has 0 aliphatic carbocycles. The smallest absolute Gasteiger partial charge is 0.321 e. The summed E-state index contributed by atoms with van der Waals surface area (Å²) < 4.78 is 1.66. The number of thioether (sulfide) groups is 1. The van der Waals surface area contributed by atoms with Crippen molar-refractivity contribution >= 4 is 29.3 Å². The van der Waals surface area contributed by atoms with Gasteiger partial charge in [0.25, 0.3) is 0 Å². The Morgan fingerprint density at radius 1 is 1.87 bits per heavy atom. The predicted octanol–water partition coefficient (Wildman–Crippen LogP) is 0.862. The molecule has 0 amide bonds. The number of carboxylic acids is 1. The van der Waals surface area contributed by atoms with Crippen LogP contribution in [-0.4, -0.2) is 32.7 Å². The Hall–Kier alpha value is -0.720. The van der Waals surface area contributed by atoms with Crippen molar-refractivity contribution < 1.29 is 9.90 Å². The van der Waals surface area contributed by atoms with Crippen LogP contribution in [0.5, 0.6) is 0 Å². The van der Waals surface area contributed by atoms with Crippen molar-refractivity contribution in [3.05, 3.63) is 16.9 Å². The molecule has 1 aromatic rings. The van der Waals surface area contributed by atoms with Gasteiger partial charge in [0.15, 0.2) is 0 Å². The normalized spacial score (nSPS) is 25.7. The number of hydrogen-bond acceptors (Lipinski definition) is 4. The van der Waals surface area contributed by atoms with Crippen molar-refractivity contribution in [2.24, 2.45) is 7.05 Å². The van der Waals surface area contributed by atoms with Gasteiger partial charge in [0.05, 0.1) is 22.3 Å². The molecule has 1 unspecified atom stereocenters. The third-order valence-electron chi connectivity index (χ3n) is 2.27. The summed E-state index contributed by atoms with van der Waals surface area (Å²) in [5, 5.41) is 16.3. The van der Waals surface area contributed by atoms with Gasteiger partial charge in [0, 0.05) is 12.8 Å². The van der Waals surface area contributed by atoms with Crippen molar-refractivity contribution in [3.8, 4) is 0 Å². The number of aliphatic carboxylic acids is 1. The topological polar surface area (TPSA) is 67.2 Å². The first-order chi connectivity index (χ1) is 7.09. The quantitative estimate of drug-likeness (QED) is 0.812. The Labute approximate surface area is 95.8 Å². The van der Waals surface area contributed by atoms with E-state index < -0.39 is 12.0 Å². The molecular weight excluding hydrogens is 238 g/mol. The van der Waals surface area contributed by atoms with Crippen LogP contribution in [0.1, 0.15) is 11.1 Å². The van der Waals surface area contributed by atoms with Crippen LogP contribution in [0.15, 0.2) is 6.20 Å². The van der Waals surface area contributed by atoms with Crippen LogP contribution in [0.4, 0.5) is 0 Å². The molecule has 15 heavy (non-hydrogen) atoms. The lowest BCUT2D eigenvalue weighted by molar-refractivity contribution is -0.138. The molecule has 0 saturated carbocycles. The average molecular weight is 248 g/mol. The summed E-state index contributed by atoms with van der Waals surface area (Å²) in [6.45, 7) is 0. The van der Waals surface area contributed by atoms with E-state index in [9.17, 15) is 4.79 Å². The van der Waals surface area contributed by atoms with Gasteiger partial charge in [-0.3, -0.25) is 14.8 Å². The fraction of sp³-hybridized carbons (Fsp3) is 0.500. The van der Waals surface area contributed by atoms with Crippen LogP contribution >= 0.6 is 23.4 Å². The summed E-state index contributed by atoms with van der Waals surface area (Å²) in [4.78, 5) is 10.8. The maximum Gasteiger partial charge on any atom is 0.321 e. The summed E-state index contributed by atoms with van der Waals surface area (Å²) in [5.41, 5.74) is 0.824. The largest absolute Gasteiger partial charge is 0.480 e. The fourth-order valence-corrected chi connectivity index (χ4v) is 3.15. The number of aryl methyl sites for hydroxylation is 1. The van der Waals surface area contributed by atoms with E-state index in [0.29, 0.717) is 10.8 Å². The zero-order chi connectivity index (χ0) is 11.0. The number of carbonyl (C=O) groups is 1. The van der Waals surface area contributed by atoms with E-state index in [-0.39, 0.29) is 5.37 Å². The zero-order valence-corrected chi connectivity index (χ0v) is 9.55. The molecule has 2 rings (SSSR count). The highest BCUT2D eigenvalue weighted by molar-refractivity contribution is 7.99. The molecule has 1 saturated heterocycles. The highest BCUT2D eigenvalue weighted by Gasteiger charge is 2.32. The van der Waals surface area contributed by atoms with E-state index in [1.165, 1.54) is 11.8 Å². The second-order valence-corrected chi connectivity index (χ2v) is 4.82. The Morgan fingerprint density at radius 2 is 2.60 bits per heavy atom. The number of carboxylic acid groups (broad SMARTS) is 1. The SMILES string of the molecule is Cn1ncc(Cl)c1C1N[C@H](C(=O)O)CS1. The molecule has 2 heterocycles. The molecular formula is C8H10ClN3O2S. The van der Waals surface area contributed by atoms with Gasteiger partial charge in [0.1, 0.15) is 6.04 Å². The third-order valence-corrected chi connectivity index (χ3v) is 3.78. The Balaban J connectivity index is 2.17. The van der Waals surface area contributed by atoms with Crippen LogP contribution in [0.3, 0.4) is 0 Å². The van der Waals surface area contributed by atoms with Crippen molar-refractivity contribution in [1.29, 1.82) is 0 Å². The molecule has 1 fully saturated rings. The molecule has 1 aliphatic heterocycles. The number of nitrogens with zero attached hydrogens (tertiary/aromatic N) is 2. The van der Waals surface area contributed by atoms with Crippen LogP contribution in [0, 0.1) is 0 Å². The molecule has 7 heteroatoms. The first-order valence-electron chi connectivity index (χ1n) is 4.37. The molecule has 2 N–H and O–H groups in total. The van der Waals surface area contributed by atoms with Gasteiger partial charge in [-0.1, -0.05) is 11.6 Å². The zero-order valence-electron chi connectivity index (χ0n) is 7.98. The van der Waals surface area contributed by atoms with Crippen LogP contribution in [0.2, 0.25) is 5.02 Å². The summed E-state index contributed by atoms with van der Waals surface area (Å²) in [7, 11) is 1.79. The summed E-state index contributed by atoms with van der Waals surface area (Å²) in [6, 6.07) is -0.508. The first-order valence-corrected chi connectivity index (χ1v) is 5.80. The average Bonchev–Trinajstić information content (AvgIpc) is 2.73. The van der Waals surface area contributed by atoms with Gasteiger partial charge in [0.2, 0.25) is 0 Å². The lowest BCUT2D eigenvalue weighted by atomic mass is 10.3. The molecule has 5 nitrogen and oxygen atoms in total. The van der Waals surface area contributed by atoms with E-state index >= 15 is 0 Å². The Kier molecular flexibility index (Phi) is 2.90. The Morgan fingerprint density at radius 3 is 3.07 bits per heavy atom. The van der Waals surface area contributed by atoms with E-state index in [0.717, 1.165) is 5.69 Å². The van der Waals surface area contributed by atoms with E-state index in [1.807, 2.05) is 0 Å². The van der Waals surface area contributed by atoms with Crippen LogP contribution < -0.4 is 5.32 Å². The standard InChI is InChI=1S/C8H10ClN3O2S/c1-12-6(4(9)2-10-12)7-11-5(3-15-7)8(13)14/h2,5,7,11H,3H2,1H3,(H,13,14)/t5-,7?/m0/s1. The second kappa shape index (κ2) is 4.03. The highest BCUT2D eigenvalue weighted by atomic mass is 35.5. The van der Waals surface area contributed by atoms with E-state index in [4.69, 9.17) is 16.7 Å². The van der Waals surface area contributed by atoms with Crippen LogP contribution in [0.25, 0.3) is 0 Å². The van der Waals surface area contributed by atoms with Gasteiger partial charge < -0.3 is 5.11 Å². The van der Waals surface area contributed by atoms with Gasteiger partial charge in [-0.2, -0.15) is 5.10 Å². The fourth-order valence-electron chi connectivity index (χ4n) is 1.49. The molecule has 1 aromatic heterocycles. The minimum Gasteiger partial charge on any atom is -0.480 e. The van der Waals surface area contributed by atoms with Gasteiger partial charge in [-0.15, -0.1) is 11.8 Å². The number of nitrogens with one attached hydrogen (secondary N) is 1. The number of hydrogen-bond donors (Lipinski definition) is 2. The van der Waals surface area contributed by atoms with Gasteiger partial charge in [-0.25, -0.2) is 0 Å². The van der Waals surface area contributed by atoms with E-state index in [2.05, 4.69) is 10.4 Å². The molecule has 82 valence electrons. The second-order valence-electron chi connectivity index (χ2n) is 3.27. The summed E-state index contributed by atoms with van der Waals surface area (Å²) in [5.74, 6) is -0.287. The van der Waals surface area contributed by atoms with Crippen molar-refractivity contribution in [2.75, 3.05) is 5.75 Å². The molecule has 0 radical (unpaired) electrons. The minimum atomic E-state index is -0.830. The van der Waals surface area contributed by atoms with Crippen molar-refractivity contribution in [3.63, 3.8) is 0 Å². The lowest BCUT2D eigenvalue weighted by Gasteiger charge is -2.11.